The Bertz CT molecular complexity index is 286. The van der Waals surface area contributed by atoms with Crippen molar-refractivity contribution in [3.05, 3.63) is 20.8 Å². The summed E-state index contributed by atoms with van der Waals surface area (Å²) in [5.74, 6) is 3.03. The first kappa shape index (κ1) is 13.6. The van der Waals surface area contributed by atoms with E-state index in [2.05, 4.69) is 41.2 Å². The van der Waals surface area contributed by atoms with E-state index in [1.54, 1.807) is 11.3 Å². The lowest BCUT2D eigenvalue weighted by Gasteiger charge is -2.11. The highest BCUT2D eigenvalue weighted by molar-refractivity contribution is 9.10. The van der Waals surface area contributed by atoms with Crippen LogP contribution < -0.4 is 5.73 Å². The van der Waals surface area contributed by atoms with Crippen LogP contribution in [0.2, 0.25) is 0 Å². The first-order valence-electron chi connectivity index (χ1n) is 5.14. The third-order valence-corrected chi connectivity index (χ3v) is 5.44. The predicted molar refractivity (Wildman–Crippen MR) is 75.9 cm³/mol. The molecule has 1 rings (SSSR count). The molecule has 15 heavy (non-hydrogen) atoms. The molecule has 2 N–H and O–H groups in total. The van der Waals surface area contributed by atoms with Gasteiger partial charge in [-0.25, -0.2) is 0 Å². The fourth-order valence-corrected chi connectivity index (χ4v) is 3.86. The van der Waals surface area contributed by atoms with E-state index < -0.39 is 0 Å². The average Bonchev–Trinajstić information content (AvgIpc) is 2.51. The fourth-order valence-electron chi connectivity index (χ4n) is 1.22. The highest BCUT2D eigenvalue weighted by atomic mass is 79.9. The number of thiophene rings is 1. The summed E-state index contributed by atoms with van der Waals surface area (Å²) in [6.07, 6.45) is 0.989. The summed E-state index contributed by atoms with van der Waals surface area (Å²) in [4.78, 5) is 1.37. The largest absolute Gasteiger partial charge is 0.327 e. The number of hydrogen-bond acceptors (Lipinski definition) is 3. The summed E-state index contributed by atoms with van der Waals surface area (Å²) in [7, 11) is 0. The second-order valence-corrected chi connectivity index (χ2v) is 7.02. The van der Waals surface area contributed by atoms with Crippen molar-refractivity contribution in [2.75, 3.05) is 11.5 Å². The van der Waals surface area contributed by atoms with E-state index >= 15 is 0 Å². The standard InChI is InChI=1S/C11H18BrNS2/c1-8(2)6-14-7-9(13)5-11-10(12)3-4-15-11/h3-4,8-9H,5-7,13H2,1-2H3. The molecule has 0 amide bonds. The van der Waals surface area contributed by atoms with E-state index in [1.807, 2.05) is 11.8 Å². The third kappa shape index (κ3) is 5.38. The van der Waals surface area contributed by atoms with Crippen molar-refractivity contribution in [3.63, 3.8) is 0 Å². The zero-order valence-corrected chi connectivity index (χ0v) is 12.4. The minimum absolute atomic E-state index is 0.281. The number of hydrogen-bond donors (Lipinski definition) is 1. The van der Waals surface area contributed by atoms with Crippen LogP contribution in [0.4, 0.5) is 0 Å². The summed E-state index contributed by atoms with van der Waals surface area (Å²) < 4.78 is 1.21. The van der Waals surface area contributed by atoms with E-state index in [-0.39, 0.29) is 6.04 Å². The molecule has 1 aromatic rings. The molecule has 1 aromatic heterocycles. The molecule has 0 saturated carbocycles. The van der Waals surface area contributed by atoms with Gasteiger partial charge < -0.3 is 5.73 Å². The Hall–Kier alpha value is 0.490. The van der Waals surface area contributed by atoms with Gasteiger partial charge in [-0.1, -0.05) is 13.8 Å². The molecular weight excluding hydrogens is 290 g/mol. The molecule has 0 radical (unpaired) electrons. The lowest BCUT2D eigenvalue weighted by Crippen LogP contribution is -2.25. The van der Waals surface area contributed by atoms with Crippen LogP contribution in [0, 0.1) is 5.92 Å². The summed E-state index contributed by atoms with van der Waals surface area (Å²) in [5, 5.41) is 2.10. The first-order valence-corrected chi connectivity index (χ1v) is 7.97. The molecule has 0 bridgehead atoms. The van der Waals surface area contributed by atoms with Gasteiger partial charge in [0.25, 0.3) is 0 Å². The Morgan fingerprint density at radius 3 is 2.73 bits per heavy atom. The van der Waals surface area contributed by atoms with E-state index in [9.17, 15) is 0 Å². The van der Waals surface area contributed by atoms with E-state index in [1.165, 1.54) is 15.1 Å². The van der Waals surface area contributed by atoms with Crippen molar-refractivity contribution >= 4 is 39.0 Å². The van der Waals surface area contributed by atoms with Crippen molar-refractivity contribution in [2.45, 2.75) is 26.3 Å². The third-order valence-electron chi connectivity index (χ3n) is 1.92. The Balaban J connectivity index is 2.24. The minimum atomic E-state index is 0.281. The molecule has 86 valence electrons. The van der Waals surface area contributed by atoms with Gasteiger partial charge in [0.15, 0.2) is 0 Å². The minimum Gasteiger partial charge on any atom is -0.327 e. The predicted octanol–water partition coefficient (Wildman–Crippen LogP) is 3.77. The van der Waals surface area contributed by atoms with Crippen LogP contribution in [0.25, 0.3) is 0 Å². The van der Waals surface area contributed by atoms with Crippen LogP contribution in [-0.4, -0.2) is 17.5 Å². The van der Waals surface area contributed by atoms with Crippen molar-refractivity contribution in [1.82, 2.24) is 0 Å². The molecule has 0 aromatic carbocycles. The average molecular weight is 308 g/mol. The Labute approximate surface area is 109 Å². The normalized spacial score (nSPS) is 13.4. The summed E-state index contributed by atoms with van der Waals surface area (Å²) >= 11 is 7.28. The van der Waals surface area contributed by atoms with E-state index in [0.717, 1.165) is 18.1 Å². The molecule has 0 fully saturated rings. The number of rotatable bonds is 6. The molecular formula is C11H18BrNS2. The van der Waals surface area contributed by atoms with Crippen LogP contribution in [0.5, 0.6) is 0 Å². The van der Waals surface area contributed by atoms with Crippen LogP contribution >= 0.6 is 39.0 Å². The van der Waals surface area contributed by atoms with Crippen LogP contribution in [0.1, 0.15) is 18.7 Å². The summed E-state index contributed by atoms with van der Waals surface area (Å²) in [6, 6.07) is 2.37. The Morgan fingerprint density at radius 1 is 1.47 bits per heavy atom. The number of halogens is 1. The van der Waals surface area contributed by atoms with E-state index in [4.69, 9.17) is 5.73 Å². The highest BCUT2D eigenvalue weighted by Gasteiger charge is 2.08. The van der Waals surface area contributed by atoms with Gasteiger partial charge in [0.2, 0.25) is 0 Å². The van der Waals surface area contributed by atoms with Gasteiger partial charge in [0, 0.05) is 21.1 Å². The maximum atomic E-state index is 6.09. The first-order chi connectivity index (χ1) is 7.09. The maximum Gasteiger partial charge on any atom is 0.0314 e. The smallest absolute Gasteiger partial charge is 0.0314 e. The van der Waals surface area contributed by atoms with Gasteiger partial charge in [-0.05, 0) is 45.5 Å². The molecule has 0 aliphatic carbocycles. The second-order valence-electron chi connectivity index (χ2n) is 4.09. The number of nitrogens with two attached hydrogens (primary N) is 1. The molecule has 4 heteroatoms. The molecule has 1 unspecified atom stereocenters. The number of thioether (sulfide) groups is 1. The van der Waals surface area contributed by atoms with Gasteiger partial charge in [-0.3, -0.25) is 0 Å². The molecule has 1 heterocycles. The summed E-state index contributed by atoms with van der Waals surface area (Å²) in [6.45, 7) is 4.49. The Morgan fingerprint density at radius 2 is 2.20 bits per heavy atom. The molecule has 1 atom stereocenters. The van der Waals surface area contributed by atoms with Gasteiger partial charge >= 0.3 is 0 Å². The molecule has 0 aliphatic heterocycles. The van der Waals surface area contributed by atoms with Gasteiger partial charge in [-0.2, -0.15) is 11.8 Å². The molecule has 0 aliphatic rings. The van der Waals surface area contributed by atoms with Crippen molar-refractivity contribution in [3.8, 4) is 0 Å². The lowest BCUT2D eigenvalue weighted by atomic mass is 10.2. The zero-order chi connectivity index (χ0) is 11.3. The molecule has 0 saturated heterocycles. The van der Waals surface area contributed by atoms with Crippen molar-refractivity contribution in [2.24, 2.45) is 11.7 Å². The van der Waals surface area contributed by atoms with Gasteiger partial charge in [0.05, 0.1) is 0 Å². The van der Waals surface area contributed by atoms with E-state index in [0.29, 0.717) is 0 Å². The van der Waals surface area contributed by atoms with Crippen molar-refractivity contribution < 1.29 is 0 Å². The maximum absolute atomic E-state index is 6.09. The fraction of sp³-hybridized carbons (Fsp3) is 0.636. The zero-order valence-electron chi connectivity index (χ0n) is 9.20. The highest BCUT2D eigenvalue weighted by Crippen LogP contribution is 2.24. The van der Waals surface area contributed by atoms with Crippen LogP contribution in [0.15, 0.2) is 15.9 Å². The molecule has 1 nitrogen and oxygen atoms in total. The topological polar surface area (TPSA) is 26.0 Å². The monoisotopic (exact) mass is 307 g/mol. The van der Waals surface area contributed by atoms with Crippen LogP contribution in [-0.2, 0) is 6.42 Å². The van der Waals surface area contributed by atoms with Crippen molar-refractivity contribution in [1.29, 1.82) is 0 Å². The van der Waals surface area contributed by atoms with Gasteiger partial charge in [0.1, 0.15) is 0 Å². The Kier molecular flexibility index (Phi) is 6.27. The SMILES string of the molecule is CC(C)CSCC(N)Cc1sccc1Br. The van der Waals surface area contributed by atoms with Crippen LogP contribution in [0.3, 0.4) is 0 Å². The second kappa shape index (κ2) is 6.94. The van der Waals surface area contributed by atoms with Gasteiger partial charge in [-0.15, -0.1) is 11.3 Å². The summed E-state index contributed by atoms with van der Waals surface area (Å²) in [5.41, 5.74) is 6.09. The lowest BCUT2D eigenvalue weighted by molar-refractivity contribution is 0.735. The quantitative estimate of drug-likeness (QED) is 0.866. The molecule has 0 spiro atoms.